The number of hydrogen-bond donors (Lipinski definition) is 0. The van der Waals surface area contributed by atoms with E-state index in [1.165, 1.54) is 0 Å². The van der Waals surface area contributed by atoms with Crippen molar-refractivity contribution in [3.8, 4) is 5.75 Å². The van der Waals surface area contributed by atoms with Gasteiger partial charge < -0.3 is 4.74 Å². The summed E-state index contributed by atoms with van der Waals surface area (Å²) in [6, 6.07) is 7.69. The lowest BCUT2D eigenvalue weighted by Crippen LogP contribution is -2.00. The van der Waals surface area contributed by atoms with Gasteiger partial charge in [0.2, 0.25) is 0 Å². The zero-order valence-corrected chi connectivity index (χ0v) is 8.93. The summed E-state index contributed by atoms with van der Waals surface area (Å²) in [5.41, 5.74) is 1.06. The smallest absolute Gasteiger partial charge is 0.119 e. The normalized spacial score (nSPS) is 15.0. The summed E-state index contributed by atoms with van der Waals surface area (Å²) < 4.78 is 16.3. The standard InChI is InChI=1S/C10H14O2S/c1-8(13(3)11)9-5-4-6-10(7-9)12-2/h4-8H,1-3H3. The molecule has 3 heteroatoms. The molecule has 1 rings (SSSR count). The Morgan fingerprint density at radius 3 is 2.69 bits per heavy atom. The van der Waals surface area contributed by atoms with Gasteiger partial charge in [-0.2, -0.15) is 0 Å². The first-order valence-electron chi connectivity index (χ1n) is 4.11. The Labute approximate surface area is 81.4 Å². The molecule has 0 aliphatic rings. The van der Waals surface area contributed by atoms with Gasteiger partial charge in [0.05, 0.1) is 12.4 Å². The zero-order chi connectivity index (χ0) is 9.84. The van der Waals surface area contributed by atoms with Gasteiger partial charge >= 0.3 is 0 Å². The quantitative estimate of drug-likeness (QED) is 0.743. The lowest BCUT2D eigenvalue weighted by molar-refractivity contribution is 0.414. The van der Waals surface area contributed by atoms with E-state index in [9.17, 15) is 4.21 Å². The van der Waals surface area contributed by atoms with Crippen LogP contribution in [-0.2, 0) is 10.8 Å². The molecule has 1 aromatic rings. The topological polar surface area (TPSA) is 26.3 Å². The molecule has 0 spiro atoms. The second kappa shape index (κ2) is 4.42. The zero-order valence-electron chi connectivity index (χ0n) is 8.11. The highest BCUT2D eigenvalue weighted by Crippen LogP contribution is 2.22. The van der Waals surface area contributed by atoms with Crippen molar-refractivity contribution in [3.05, 3.63) is 29.8 Å². The van der Waals surface area contributed by atoms with Crippen LogP contribution in [0, 0.1) is 0 Å². The Balaban J connectivity index is 2.94. The first-order valence-corrected chi connectivity index (χ1v) is 5.73. The fraction of sp³-hybridized carbons (Fsp3) is 0.400. The van der Waals surface area contributed by atoms with Crippen molar-refractivity contribution >= 4 is 10.8 Å². The minimum Gasteiger partial charge on any atom is -0.497 e. The summed E-state index contributed by atoms with van der Waals surface area (Å²) in [4.78, 5) is 0. The second-order valence-electron chi connectivity index (χ2n) is 2.92. The summed E-state index contributed by atoms with van der Waals surface area (Å²) in [7, 11) is 0.805. The first-order chi connectivity index (χ1) is 6.15. The van der Waals surface area contributed by atoms with Crippen LogP contribution in [0.5, 0.6) is 5.75 Å². The van der Waals surface area contributed by atoms with Gasteiger partial charge in [0.25, 0.3) is 0 Å². The van der Waals surface area contributed by atoms with Crippen LogP contribution in [0.3, 0.4) is 0 Å². The van der Waals surface area contributed by atoms with E-state index in [4.69, 9.17) is 4.74 Å². The molecule has 2 atom stereocenters. The Bertz CT molecular complexity index is 310. The van der Waals surface area contributed by atoms with Crippen molar-refractivity contribution in [3.63, 3.8) is 0 Å². The lowest BCUT2D eigenvalue weighted by Gasteiger charge is -2.09. The Hall–Kier alpha value is -0.830. The highest BCUT2D eigenvalue weighted by Gasteiger charge is 2.09. The predicted molar refractivity (Wildman–Crippen MR) is 55.5 cm³/mol. The van der Waals surface area contributed by atoms with E-state index in [0.29, 0.717) is 0 Å². The van der Waals surface area contributed by atoms with Crippen LogP contribution in [0.15, 0.2) is 24.3 Å². The summed E-state index contributed by atoms with van der Waals surface area (Å²) in [5.74, 6) is 0.815. The molecule has 0 radical (unpaired) electrons. The molecule has 13 heavy (non-hydrogen) atoms. The van der Waals surface area contributed by atoms with Gasteiger partial charge in [-0.3, -0.25) is 4.21 Å². The molecular weight excluding hydrogens is 184 g/mol. The monoisotopic (exact) mass is 198 g/mol. The minimum absolute atomic E-state index is 0.0649. The van der Waals surface area contributed by atoms with Crippen LogP contribution in [0.2, 0.25) is 0 Å². The third-order valence-corrected chi connectivity index (χ3v) is 3.33. The molecule has 0 fully saturated rings. The van der Waals surface area contributed by atoms with Gasteiger partial charge in [-0.05, 0) is 24.6 Å². The first kappa shape index (κ1) is 10.3. The number of methoxy groups -OCH3 is 1. The molecule has 0 aliphatic heterocycles. The third kappa shape index (κ3) is 2.56. The van der Waals surface area contributed by atoms with Gasteiger partial charge in [-0.1, -0.05) is 12.1 Å². The van der Waals surface area contributed by atoms with Crippen molar-refractivity contribution in [2.45, 2.75) is 12.2 Å². The van der Waals surface area contributed by atoms with Gasteiger partial charge in [-0.25, -0.2) is 0 Å². The fourth-order valence-corrected chi connectivity index (χ4v) is 1.62. The Morgan fingerprint density at radius 2 is 2.15 bits per heavy atom. The molecule has 0 bridgehead atoms. The highest BCUT2D eigenvalue weighted by molar-refractivity contribution is 7.84. The summed E-state index contributed by atoms with van der Waals surface area (Å²) in [5, 5.41) is 0.0649. The Morgan fingerprint density at radius 1 is 1.46 bits per heavy atom. The average molecular weight is 198 g/mol. The van der Waals surface area contributed by atoms with Gasteiger partial charge in [-0.15, -0.1) is 0 Å². The molecule has 0 heterocycles. The van der Waals surface area contributed by atoms with E-state index in [1.54, 1.807) is 13.4 Å². The SMILES string of the molecule is COc1cccc(C(C)S(C)=O)c1. The molecule has 0 saturated heterocycles. The van der Waals surface area contributed by atoms with Crippen LogP contribution in [0.4, 0.5) is 0 Å². The van der Waals surface area contributed by atoms with Crippen molar-refractivity contribution in [2.75, 3.05) is 13.4 Å². The van der Waals surface area contributed by atoms with E-state index in [0.717, 1.165) is 11.3 Å². The summed E-state index contributed by atoms with van der Waals surface area (Å²) >= 11 is 0. The maximum Gasteiger partial charge on any atom is 0.119 e. The van der Waals surface area contributed by atoms with Crippen molar-refractivity contribution in [2.24, 2.45) is 0 Å². The van der Waals surface area contributed by atoms with Gasteiger partial charge in [0, 0.05) is 17.1 Å². The molecule has 0 N–H and O–H groups in total. The predicted octanol–water partition coefficient (Wildman–Crippen LogP) is 2.13. The van der Waals surface area contributed by atoms with E-state index in [-0.39, 0.29) is 5.25 Å². The molecule has 2 nitrogen and oxygen atoms in total. The van der Waals surface area contributed by atoms with Crippen molar-refractivity contribution in [1.29, 1.82) is 0 Å². The van der Waals surface area contributed by atoms with Crippen LogP contribution in [0.25, 0.3) is 0 Å². The maximum absolute atomic E-state index is 11.2. The van der Waals surface area contributed by atoms with Crippen LogP contribution < -0.4 is 4.74 Å². The molecule has 0 aliphatic carbocycles. The molecule has 0 amide bonds. The lowest BCUT2D eigenvalue weighted by atomic mass is 10.1. The summed E-state index contributed by atoms with van der Waals surface area (Å²) in [6.45, 7) is 1.95. The van der Waals surface area contributed by atoms with E-state index >= 15 is 0 Å². The molecule has 2 unspecified atom stereocenters. The second-order valence-corrected chi connectivity index (χ2v) is 4.62. The van der Waals surface area contributed by atoms with Crippen molar-refractivity contribution in [1.82, 2.24) is 0 Å². The summed E-state index contributed by atoms with van der Waals surface area (Å²) in [6.07, 6.45) is 1.71. The molecule has 1 aromatic carbocycles. The van der Waals surface area contributed by atoms with Gasteiger partial charge in [0.1, 0.15) is 5.75 Å². The highest BCUT2D eigenvalue weighted by atomic mass is 32.2. The van der Waals surface area contributed by atoms with Crippen LogP contribution >= 0.6 is 0 Å². The fourth-order valence-electron chi connectivity index (χ4n) is 1.09. The van der Waals surface area contributed by atoms with Gasteiger partial charge in [0.15, 0.2) is 0 Å². The van der Waals surface area contributed by atoms with Crippen molar-refractivity contribution < 1.29 is 8.95 Å². The van der Waals surface area contributed by atoms with E-state index in [2.05, 4.69) is 0 Å². The molecular formula is C10H14O2S. The van der Waals surface area contributed by atoms with Crippen LogP contribution in [-0.4, -0.2) is 17.6 Å². The third-order valence-electron chi connectivity index (χ3n) is 2.06. The average Bonchev–Trinajstić information content (AvgIpc) is 2.16. The Kier molecular flexibility index (Phi) is 3.48. The maximum atomic E-state index is 11.2. The molecule has 0 saturated carbocycles. The molecule has 0 aromatic heterocycles. The van der Waals surface area contributed by atoms with E-state index < -0.39 is 10.8 Å². The van der Waals surface area contributed by atoms with E-state index in [1.807, 2.05) is 31.2 Å². The number of hydrogen-bond acceptors (Lipinski definition) is 2. The number of ether oxygens (including phenoxy) is 1. The number of benzene rings is 1. The van der Waals surface area contributed by atoms with Crippen LogP contribution in [0.1, 0.15) is 17.7 Å². The largest absolute Gasteiger partial charge is 0.497 e. The number of rotatable bonds is 3. The minimum atomic E-state index is -0.827. The molecule has 72 valence electrons.